The maximum atomic E-state index is 12.5. The average Bonchev–Trinajstić information content (AvgIpc) is 2.46. The van der Waals surface area contributed by atoms with E-state index >= 15 is 0 Å². The third-order valence-electron chi connectivity index (χ3n) is 3.41. The Morgan fingerprint density at radius 3 is 2.50 bits per heavy atom. The average molecular weight is 261 g/mol. The second-order valence-corrected chi connectivity index (χ2v) is 4.87. The summed E-state index contributed by atoms with van der Waals surface area (Å²) in [5.41, 5.74) is 8.16. The molecule has 0 aromatic heterocycles. The summed E-state index contributed by atoms with van der Waals surface area (Å²) in [4.78, 5) is 12.5. The minimum atomic E-state index is 0.118. The van der Waals surface area contributed by atoms with Gasteiger partial charge < -0.3 is 5.73 Å². The highest BCUT2D eigenvalue weighted by Gasteiger charge is 2.10. The van der Waals surface area contributed by atoms with Gasteiger partial charge in [0, 0.05) is 17.7 Å². The molecule has 2 nitrogen and oxygen atoms in total. The number of ketones is 1. The number of fused-ring (bicyclic) bond motifs is 1. The molecule has 98 valence electrons. The van der Waals surface area contributed by atoms with Crippen LogP contribution in [0.5, 0.6) is 0 Å². The van der Waals surface area contributed by atoms with Gasteiger partial charge in [-0.1, -0.05) is 54.6 Å². The van der Waals surface area contributed by atoms with Gasteiger partial charge in [0.25, 0.3) is 0 Å². The predicted molar refractivity (Wildman–Crippen MR) is 82.8 cm³/mol. The van der Waals surface area contributed by atoms with Gasteiger partial charge in [0.1, 0.15) is 0 Å². The molecule has 0 saturated carbocycles. The Balaban J connectivity index is 1.97. The highest BCUT2D eigenvalue weighted by molar-refractivity contribution is 6.08. The van der Waals surface area contributed by atoms with Gasteiger partial charge in [-0.3, -0.25) is 4.79 Å². The van der Waals surface area contributed by atoms with Crippen molar-refractivity contribution in [2.75, 3.05) is 5.73 Å². The molecule has 0 fully saturated rings. The number of benzene rings is 3. The molecule has 0 atom stereocenters. The monoisotopic (exact) mass is 261 g/mol. The zero-order valence-corrected chi connectivity index (χ0v) is 11.0. The second kappa shape index (κ2) is 5.17. The second-order valence-electron chi connectivity index (χ2n) is 4.87. The number of nitrogens with two attached hydrogens (primary N) is 1. The lowest BCUT2D eigenvalue weighted by Crippen LogP contribution is -2.04. The van der Waals surface area contributed by atoms with E-state index in [-0.39, 0.29) is 5.78 Å². The molecule has 20 heavy (non-hydrogen) atoms. The number of hydrogen-bond acceptors (Lipinski definition) is 2. The fourth-order valence-electron chi connectivity index (χ4n) is 2.45. The lowest BCUT2D eigenvalue weighted by Gasteiger charge is -2.06. The van der Waals surface area contributed by atoms with Gasteiger partial charge in [-0.2, -0.15) is 0 Å². The van der Waals surface area contributed by atoms with Gasteiger partial charge in [0.2, 0.25) is 0 Å². The van der Waals surface area contributed by atoms with Crippen LogP contribution < -0.4 is 5.73 Å². The molecule has 0 aliphatic rings. The van der Waals surface area contributed by atoms with Crippen molar-refractivity contribution in [3.8, 4) is 0 Å². The molecule has 3 rings (SSSR count). The van der Waals surface area contributed by atoms with Gasteiger partial charge in [-0.15, -0.1) is 0 Å². The molecule has 0 spiro atoms. The number of rotatable bonds is 3. The lowest BCUT2D eigenvalue weighted by atomic mass is 9.97. The Bertz CT molecular complexity index is 772. The van der Waals surface area contributed by atoms with Crippen molar-refractivity contribution in [2.24, 2.45) is 0 Å². The van der Waals surface area contributed by atoms with Gasteiger partial charge in [0.05, 0.1) is 0 Å². The fraction of sp³-hybridized carbons (Fsp3) is 0.0556. The van der Waals surface area contributed by atoms with E-state index in [1.807, 2.05) is 66.7 Å². The van der Waals surface area contributed by atoms with Crippen molar-refractivity contribution in [1.82, 2.24) is 0 Å². The van der Waals surface area contributed by atoms with E-state index < -0.39 is 0 Å². The van der Waals surface area contributed by atoms with E-state index in [0.717, 1.165) is 21.9 Å². The van der Waals surface area contributed by atoms with Crippen LogP contribution in [0.4, 0.5) is 5.69 Å². The first-order chi connectivity index (χ1) is 9.74. The maximum Gasteiger partial charge on any atom is 0.167 e. The molecule has 3 aromatic carbocycles. The lowest BCUT2D eigenvalue weighted by molar-refractivity contribution is 0.0994. The number of anilines is 1. The summed E-state index contributed by atoms with van der Waals surface area (Å²) < 4.78 is 0. The molecular formula is C18H15NO. The summed E-state index contributed by atoms with van der Waals surface area (Å²) in [5, 5.41) is 2.09. The zero-order valence-electron chi connectivity index (χ0n) is 11.0. The summed E-state index contributed by atoms with van der Waals surface area (Å²) in [5.74, 6) is 0.118. The maximum absolute atomic E-state index is 12.5. The molecule has 0 aliphatic heterocycles. The predicted octanol–water partition coefficient (Wildman–Crippen LogP) is 3.85. The quantitative estimate of drug-likeness (QED) is 0.575. The SMILES string of the molecule is Nc1cccc(CC(=O)c2cccc3ccccc23)c1. The third kappa shape index (κ3) is 2.41. The Morgan fingerprint density at radius 2 is 1.65 bits per heavy atom. The molecular weight excluding hydrogens is 246 g/mol. The van der Waals surface area contributed by atoms with Crippen LogP contribution in [-0.4, -0.2) is 5.78 Å². The number of nitrogen functional groups attached to an aromatic ring is 1. The van der Waals surface area contributed by atoms with E-state index in [4.69, 9.17) is 5.73 Å². The fourth-order valence-corrected chi connectivity index (χ4v) is 2.45. The number of carbonyl (C=O) groups is 1. The topological polar surface area (TPSA) is 43.1 Å². The van der Waals surface area contributed by atoms with Gasteiger partial charge in [-0.05, 0) is 28.5 Å². The minimum Gasteiger partial charge on any atom is -0.399 e. The summed E-state index contributed by atoms with van der Waals surface area (Å²) >= 11 is 0. The zero-order chi connectivity index (χ0) is 13.9. The molecule has 0 radical (unpaired) electrons. The Kier molecular flexibility index (Phi) is 3.21. The first kappa shape index (κ1) is 12.4. The molecule has 0 saturated heterocycles. The van der Waals surface area contributed by atoms with E-state index in [0.29, 0.717) is 12.1 Å². The minimum absolute atomic E-state index is 0.118. The normalized spacial score (nSPS) is 10.6. The van der Waals surface area contributed by atoms with Crippen molar-refractivity contribution in [3.63, 3.8) is 0 Å². The van der Waals surface area contributed by atoms with E-state index in [2.05, 4.69) is 0 Å². The Labute approximate surface area is 117 Å². The van der Waals surface area contributed by atoms with Crippen molar-refractivity contribution in [1.29, 1.82) is 0 Å². The Hall–Kier alpha value is -2.61. The number of carbonyl (C=O) groups excluding carboxylic acids is 1. The van der Waals surface area contributed by atoms with Crippen LogP contribution >= 0.6 is 0 Å². The Morgan fingerprint density at radius 1 is 0.900 bits per heavy atom. The molecule has 0 aliphatic carbocycles. The van der Waals surface area contributed by atoms with Crippen LogP contribution in [0.2, 0.25) is 0 Å². The van der Waals surface area contributed by atoms with Crippen molar-refractivity contribution < 1.29 is 4.79 Å². The molecule has 2 N–H and O–H groups in total. The van der Waals surface area contributed by atoms with Crippen molar-refractivity contribution in [3.05, 3.63) is 77.9 Å². The van der Waals surface area contributed by atoms with Crippen LogP contribution in [0.1, 0.15) is 15.9 Å². The summed E-state index contributed by atoms with van der Waals surface area (Å²) in [6.07, 6.45) is 0.374. The standard InChI is InChI=1S/C18H15NO/c19-15-8-3-5-13(11-15)12-18(20)17-10-4-7-14-6-1-2-9-16(14)17/h1-11H,12,19H2. The van der Waals surface area contributed by atoms with Gasteiger partial charge in [-0.25, -0.2) is 0 Å². The summed E-state index contributed by atoms with van der Waals surface area (Å²) in [6, 6.07) is 21.3. The van der Waals surface area contributed by atoms with E-state index in [1.165, 1.54) is 0 Å². The van der Waals surface area contributed by atoms with Gasteiger partial charge >= 0.3 is 0 Å². The molecule has 3 aromatic rings. The van der Waals surface area contributed by atoms with Crippen molar-refractivity contribution >= 4 is 22.2 Å². The summed E-state index contributed by atoms with van der Waals surface area (Å²) in [7, 11) is 0. The third-order valence-corrected chi connectivity index (χ3v) is 3.41. The van der Waals surface area contributed by atoms with Crippen LogP contribution in [0, 0.1) is 0 Å². The first-order valence-electron chi connectivity index (χ1n) is 6.59. The van der Waals surface area contributed by atoms with Crippen LogP contribution in [0.3, 0.4) is 0 Å². The molecule has 0 unspecified atom stereocenters. The molecule has 2 heteroatoms. The van der Waals surface area contributed by atoms with Crippen LogP contribution in [-0.2, 0) is 6.42 Å². The molecule has 0 heterocycles. The van der Waals surface area contributed by atoms with Crippen molar-refractivity contribution in [2.45, 2.75) is 6.42 Å². The molecule has 0 amide bonds. The van der Waals surface area contributed by atoms with Crippen LogP contribution in [0.15, 0.2) is 66.7 Å². The highest BCUT2D eigenvalue weighted by Crippen LogP contribution is 2.20. The van der Waals surface area contributed by atoms with E-state index in [1.54, 1.807) is 0 Å². The number of hydrogen-bond donors (Lipinski definition) is 1. The van der Waals surface area contributed by atoms with E-state index in [9.17, 15) is 4.79 Å². The first-order valence-corrected chi connectivity index (χ1v) is 6.59. The smallest absolute Gasteiger partial charge is 0.167 e. The van der Waals surface area contributed by atoms with Gasteiger partial charge in [0.15, 0.2) is 5.78 Å². The highest BCUT2D eigenvalue weighted by atomic mass is 16.1. The summed E-state index contributed by atoms with van der Waals surface area (Å²) in [6.45, 7) is 0. The largest absolute Gasteiger partial charge is 0.399 e. The van der Waals surface area contributed by atoms with Crippen LogP contribution in [0.25, 0.3) is 10.8 Å². The molecule has 0 bridgehead atoms. The number of Topliss-reactive ketones (excluding diaryl/α,β-unsaturated/α-hetero) is 1.